The maximum absolute atomic E-state index is 11.7. The third kappa shape index (κ3) is 7.19. The lowest BCUT2D eigenvalue weighted by molar-refractivity contribution is -0.121. The van der Waals surface area contributed by atoms with Crippen LogP contribution < -0.4 is 10.6 Å². The predicted octanol–water partition coefficient (Wildman–Crippen LogP) is 2.58. The SMILES string of the molecule is Cc1cccc(NC(=O)CSCCC(=O)NC(C)C)c1. The largest absolute Gasteiger partial charge is 0.354 e. The van der Waals surface area contributed by atoms with Crippen molar-refractivity contribution in [3.05, 3.63) is 29.8 Å². The molecular formula is C15H22N2O2S. The number of nitrogens with one attached hydrogen (secondary N) is 2. The number of hydrogen-bond donors (Lipinski definition) is 2. The first-order valence-corrected chi connectivity index (χ1v) is 7.86. The molecule has 4 nitrogen and oxygen atoms in total. The molecule has 1 aromatic carbocycles. The molecule has 0 aliphatic carbocycles. The Hall–Kier alpha value is -1.49. The summed E-state index contributed by atoms with van der Waals surface area (Å²) in [5, 5.41) is 5.67. The van der Waals surface area contributed by atoms with E-state index < -0.39 is 0 Å². The number of benzene rings is 1. The third-order valence-corrected chi connectivity index (χ3v) is 3.42. The zero-order chi connectivity index (χ0) is 15.0. The van der Waals surface area contributed by atoms with Gasteiger partial charge in [0, 0.05) is 23.9 Å². The fourth-order valence-corrected chi connectivity index (χ4v) is 2.38. The van der Waals surface area contributed by atoms with Crippen molar-refractivity contribution in [3.63, 3.8) is 0 Å². The van der Waals surface area contributed by atoms with E-state index in [1.807, 2.05) is 45.0 Å². The number of amides is 2. The molecule has 0 saturated heterocycles. The lowest BCUT2D eigenvalue weighted by Crippen LogP contribution is -2.30. The monoisotopic (exact) mass is 294 g/mol. The molecule has 0 aliphatic rings. The zero-order valence-corrected chi connectivity index (χ0v) is 13.0. The van der Waals surface area contributed by atoms with Gasteiger partial charge >= 0.3 is 0 Å². The van der Waals surface area contributed by atoms with Crippen molar-refractivity contribution in [3.8, 4) is 0 Å². The molecule has 2 N–H and O–H groups in total. The Labute approximate surface area is 124 Å². The van der Waals surface area contributed by atoms with Crippen LogP contribution in [0.1, 0.15) is 25.8 Å². The van der Waals surface area contributed by atoms with Gasteiger partial charge in [-0.05, 0) is 38.5 Å². The van der Waals surface area contributed by atoms with Crippen LogP contribution in [-0.4, -0.2) is 29.4 Å². The Balaban J connectivity index is 2.19. The van der Waals surface area contributed by atoms with Crippen molar-refractivity contribution in [2.24, 2.45) is 0 Å². The van der Waals surface area contributed by atoms with Crippen LogP contribution >= 0.6 is 11.8 Å². The second kappa shape index (κ2) is 8.64. The van der Waals surface area contributed by atoms with Crippen LogP contribution in [0.3, 0.4) is 0 Å². The molecule has 0 aromatic heterocycles. The van der Waals surface area contributed by atoms with Crippen molar-refractivity contribution in [1.82, 2.24) is 5.32 Å². The van der Waals surface area contributed by atoms with E-state index >= 15 is 0 Å². The first kappa shape index (κ1) is 16.6. The smallest absolute Gasteiger partial charge is 0.234 e. The Kier molecular flexibility index (Phi) is 7.15. The maximum Gasteiger partial charge on any atom is 0.234 e. The molecule has 0 unspecified atom stereocenters. The lowest BCUT2D eigenvalue weighted by atomic mass is 10.2. The zero-order valence-electron chi connectivity index (χ0n) is 12.2. The lowest BCUT2D eigenvalue weighted by Gasteiger charge is -2.08. The molecule has 1 aromatic rings. The van der Waals surface area contributed by atoms with E-state index in [0.717, 1.165) is 11.3 Å². The Bertz CT molecular complexity index is 461. The van der Waals surface area contributed by atoms with Gasteiger partial charge in [-0.1, -0.05) is 12.1 Å². The molecule has 20 heavy (non-hydrogen) atoms. The molecule has 0 saturated carbocycles. The minimum atomic E-state index is -0.0372. The normalized spacial score (nSPS) is 10.4. The van der Waals surface area contributed by atoms with E-state index in [2.05, 4.69) is 10.6 Å². The summed E-state index contributed by atoms with van der Waals surface area (Å²) < 4.78 is 0. The Morgan fingerprint density at radius 2 is 2.00 bits per heavy atom. The molecule has 2 amide bonds. The minimum absolute atomic E-state index is 0.0339. The summed E-state index contributed by atoms with van der Waals surface area (Å²) in [6.07, 6.45) is 0.445. The van der Waals surface area contributed by atoms with Gasteiger partial charge in [0.1, 0.15) is 0 Å². The summed E-state index contributed by atoms with van der Waals surface area (Å²) in [7, 11) is 0. The standard InChI is InChI=1S/C15H22N2O2S/c1-11(2)16-14(18)7-8-20-10-15(19)17-13-6-4-5-12(3)9-13/h4-6,9,11H,7-8,10H2,1-3H3,(H,16,18)(H,17,19). The highest BCUT2D eigenvalue weighted by Crippen LogP contribution is 2.10. The van der Waals surface area contributed by atoms with E-state index in [0.29, 0.717) is 17.9 Å². The van der Waals surface area contributed by atoms with Gasteiger partial charge in [-0.3, -0.25) is 9.59 Å². The molecule has 1 rings (SSSR count). The van der Waals surface area contributed by atoms with Crippen LogP contribution in [0.2, 0.25) is 0 Å². The molecule has 0 atom stereocenters. The third-order valence-electron chi connectivity index (χ3n) is 2.46. The van der Waals surface area contributed by atoms with Gasteiger partial charge in [0.05, 0.1) is 5.75 Å². The minimum Gasteiger partial charge on any atom is -0.354 e. The van der Waals surface area contributed by atoms with Crippen molar-refractivity contribution < 1.29 is 9.59 Å². The van der Waals surface area contributed by atoms with Crippen LogP contribution in [0.5, 0.6) is 0 Å². The summed E-state index contributed by atoms with van der Waals surface area (Å²) in [6.45, 7) is 5.85. The highest BCUT2D eigenvalue weighted by molar-refractivity contribution is 7.99. The average Bonchev–Trinajstić information content (AvgIpc) is 2.34. The number of thioether (sulfide) groups is 1. The van der Waals surface area contributed by atoms with E-state index in [1.165, 1.54) is 11.8 Å². The number of anilines is 1. The van der Waals surface area contributed by atoms with Gasteiger partial charge < -0.3 is 10.6 Å². The second-order valence-electron chi connectivity index (χ2n) is 4.94. The Morgan fingerprint density at radius 1 is 1.25 bits per heavy atom. The van der Waals surface area contributed by atoms with Crippen molar-refractivity contribution >= 4 is 29.3 Å². The summed E-state index contributed by atoms with van der Waals surface area (Å²) in [4.78, 5) is 23.1. The molecule has 0 bridgehead atoms. The van der Waals surface area contributed by atoms with Crippen molar-refractivity contribution in [2.75, 3.05) is 16.8 Å². The molecular weight excluding hydrogens is 272 g/mol. The van der Waals surface area contributed by atoms with Crippen LogP contribution in [0.4, 0.5) is 5.69 Å². The number of hydrogen-bond acceptors (Lipinski definition) is 3. The second-order valence-corrected chi connectivity index (χ2v) is 6.05. The van der Waals surface area contributed by atoms with Crippen LogP contribution in [0.15, 0.2) is 24.3 Å². The number of carbonyl (C=O) groups is 2. The number of carbonyl (C=O) groups excluding carboxylic acids is 2. The van der Waals surface area contributed by atoms with Gasteiger partial charge in [0.2, 0.25) is 11.8 Å². The van der Waals surface area contributed by atoms with Gasteiger partial charge in [-0.25, -0.2) is 0 Å². The van der Waals surface area contributed by atoms with Crippen molar-refractivity contribution in [1.29, 1.82) is 0 Å². The molecule has 0 heterocycles. The van der Waals surface area contributed by atoms with Gasteiger partial charge in [-0.15, -0.1) is 0 Å². The maximum atomic E-state index is 11.7. The van der Waals surface area contributed by atoms with E-state index in [4.69, 9.17) is 0 Å². The quantitative estimate of drug-likeness (QED) is 0.760. The summed E-state index contributed by atoms with van der Waals surface area (Å²) in [5.74, 6) is 1.01. The summed E-state index contributed by atoms with van der Waals surface area (Å²) in [5.41, 5.74) is 1.92. The number of rotatable bonds is 7. The molecule has 110 valence electrons. The van der Waals surface area contributed by atoms with E-state index in [9.17, 15) is 9.59 Å². The van der Waals surface area contributed by atoms with E-state index in [-0.39, 0.29) is 17.9 Å². The van der Waals surface area contributed by atoms with Gasteiger partial charge in [0.25, 0.3) is 0 Å². The fraction of sp³-hybridized carbons (Fsp3) is 0.467. The first-order valence-electron chi connectivity index (χ1n) is 6.71. The van der Waals surface area contributed by atoms with Crippen LogP contribution in [0, 0.1) is 6.92 Å². The van der Waals surface area contributed by atoms with Crippen LogP contribution in [0.25, 0.3) is 0 Å². The van der Waals surface area contributed by atoms with Crippen LogP contribution in [-0.2, 0) is 9.59 Å². The molecule has 0 radical (unpaired) electrons. The Morgan fingerprint density at radius 3 is 2.65 bits per heavy atom. The highest BCUT2D eigenvalue weighted by Gasteiger charge is 2.05. The molecule has 0 aliphatic heterocycles. The molecule has 5 heteroatoms. The number of aryl methyl sites for hydroxylation is 1. The van der Waals surface area contributed by atoms with E-state index in [1.54, 1.807) is 0 Å². The van der Waals surface area contributed by atoms with Crippen molar-refractivity contribution in [2.45, 2.75) is 33.2 Å². The van der Waals surface area contributed by atoms with Gasteiger partial charge in [0.15, 0.2) is 0 Å². The molecule has 0 spiro atoms. The highest BCUT2D eigenvalue weighted by atomic mass is 32.2. The first-order chi connectivity index (χ1) is 9.47. The predicted molar refractivity (Wildman–Crippen MR) is 85.0 cm³/mol. The summed E-state index contributed by atoms with van der Waals surface area (Å²) in [6, 6.07) is 7.85. The summed E-state index contributed by atoms with van der Waals surface area (Å²) >= 11 is 1.47. The molecule has 0 fully saturated rings. The average molecular weight is 294 g/mol. The topological polar surface area (TPSA) is 58.2 Å². The fourth-order valence-electron chi connectivity index (χ4n) is 1.64. The van der Waals surface area contributed by atoms with Gasteiger partial charge in [-0.2, -0.15) is 11.8 Å².